The molecule has 2 aliphatic rings. The summed E-state index contributed by atoms with van der Waals surface area (Å²) in [5, 5.41) is 0. The first-order valence-corrected chi connectivity index (χ1v) is 3.65. The molecule has 0 radical (unpaired) electrons. The van der Waals surface area contributed by atoms with Crippen molar-refractivity contribution >= 4 is 0 Å². The Hall–Kier alpha value is 0.153. The van der Waals surface area contributed by atoms with Crippen molar-refractivity contribution in [2.75, 3.05) is 0 Å². The fraction of sp³-hybridized carbons (Fsp3) is 0.444. The van der Waals surface area contributed by atoms with Gasteiger partial charge in [-0.2, -0.15) is 6.42 Å². The van der Waals surface area contributed by atoms with Gasteiger partial charge in [0, 0.05) is 0 Å². The van der Waals surface area contributed by atoms with E-state index in [9.17, 15) is 0 Å². The van der Waals surface area contributed by atoms with E-state index in [1.165, 1.54) is 12.8 Å². The predicted molar refractivity (Wildman–Crippen MR) is 38.8 cm³/mol. The number of allylic oxidation sites excluding steroid dienone is 4. The van der Waals surface area contributed by atoms with Crippen molar-refractivity contribution in [3.05, 3.63) is 30.7 Å². The minimum Gasteiger partial charge on any atom is -1.00 e. The van der Waals surface area contributed by atoms with Crippen molar-refractivity contribution < 1.29 is 40.3 Å². The van der Waals surface area contributed by atoms with E-state index >= 15 is 0 Å². The van der Waals surface area contributed by atoms with Crippen molar-refractivity contribution in [3.8, 4) is 0 Å². The molecule has 2 unspecified atom stereocenters. The quantitative estimate of drug-likeness (QED) is 0.383. The van der Waals surface area contributed by atoms with Crippen molar-refractivity contribution in [2.24, 2.45) is 11.8 Å². The molecule has 0 aromatic carbocycles. The van der Waals surface area contributed by atoms with Gasteiger partial charge in [-0.1, -0.05) is 24.6 Å². The topological polar surface area (TPSA) is 0 Å². The van der Waals surface area contributed by atoms with Gasteiger partial charge in [-0.05, 0) is 5.92 Å². The summed E-state index contributed by atoms with van der Waals surface area (Å²) in [6.45, 7) is 0. The number of hydrogen-bond donors (Lipinski definition) is 0. The van der Waals surface area contributed by atoms with Crippen LogP contribution in [-0.2, 0) is 26.2 Å². The van der Waals surface area contributed by atoms with E-state index in [-0.39, 0.29) is 40.3 Å². The Bertz CT molecular complexity index is 150. The molecular weight excluding hydrogens is 256 g/mol. The van der Waals surface area contributed by atoms with E-state index in [1.807, 2.05) is 0 Å². The first-order chi connectivity index (χ1) is 4.47. The zero-order valence-electron chi connectivity index (χ0n) is 7.09. The summed E-state index contributed by atoms with van der Waals surface area (Å²) in [6.07, 6.45) is 14.1. The Kier molecular flexibility index (Phi) is 12.7. The molecule has 0 aromatic heterocycles. The van der Waals surface area contributed by atoms with Gasteiger partial charge in [0.15, 0.2) is 0 Å². The van der Waals surface area contributed by atoms with Crippen LogP contribution < -0.4 is 14.1 Å². The molecule has 0 bridgehead atoms. The second kappa shape index (κ2) is 8.74. The SMILES string of the molecule is C1=CC2[CH-]CCC2C=C1.[F-].[F-].[F-].[Zr+4]. The summed E-state index contributed by atoms with van der Waals surface area (Å²) in [6, 6.07) is 0. The molecule has 72 valence electrons. The van der Waals surface area contributed by atoms with Crippen LogP contribution in [0.4, 0.5) is 0 Å². The van der Waals surface area contributed by atoms with Crippen LogP contribution >= 0.6 is 0 Å². The molecule has 4 heteroatoms. The van der Waals surface area contributed by atoms with Gasteiger partial charge in [-0.3, -0.25) is 0 Å². The maximum Gasteiger partial charge on any atom is 4.00 e. The zero-order valence-corrected chi connectivity index (χ0v) is 9.55. The molecule has 1 saturated carbocycles. The predicted octanol–water partition coefficient (Wildman–Crippen LogP) is -6.65. The molecular formula is C9H11F3Zr. The van der Waals surface area contributed by atoms with E-state index in [1.54, 1.807) is 0 Å². The number of rotatable bonds is 0. The van der Waals surface area contributed by atoms with Gasteiger partial charge in [0.05, 0.1) is 0 Å². The molecule has 0 saturated heterocycles. The summed E-state index contributed by atoms with van der Waals surface area (Å²) < 4.78 is 0. The van der Waals surface area contributed by atoms with Gasteiger partial charge in [0.2, 0.25) is 0 Å². The Morgan fingerprint density at radius 1 is 1.00 bits per heavy atom. The second-order valence-corrected chi connectivity index (χ2v) is 2.82. The van der Waals surface area contributed by atoms with Gasteiger partial charge in [0.1, 0.15) is 0 Å². The van der Waals surface area contributed by atoms with E-state index < -0.39 is 0 Å². The first-order valence-electron chi connectivity index (χ1n) is 3.65. The second-order valence-electron chi connectivity index (χ2n) is 2.82. The molecule has 0 N–H and O–H groups in total. The van der Waals surface area contributed by atoms with E-state index in [0.717, 1.165) is 11.8 Å². The summed E-state index contributed by atoms with van der Waals surface area (Å²) in [7, 11) is 0. The van der Waals surface area contributed by atoms with Crippen molar-refractivity contribution in [2.45, 2.75) is 12.8 Å². The average molecular weight is 267 g/mol. The van der Waals surface area contributed by atoms with Gasteiger partial charge in [-0.25, -0.2) is 0 Å². The third-order valence-corrected chi connectivity index (χ3v) is 2.24. The first kappa shape index (κ1) is 18.8. The van der Waals surface area contributed by atoms with Gasteiger partial charge >= 0.3 is 26.2 Å². The fourth-order valence-corrected chi connectivity index (χ4v) is 1.69. The van der Waals surface area contributed by atoms with Crippen LogP contribution in [0, 0.1) is 18.3 Å². The third kappa shape index (κ3) is 4.26. The molecule has 0 amide bonds. The molecule has 0 nitrogen and oxygen atoms in total. The van der Waals surface area contributed by atoms with Crippen LogP contribution in [0.1, 0.15) is 12.8 Å². The normalized spacial score (nSPS) is 27.1. The molecule has 0 heterocycles. The maximum absolute atomic E-state index is 2.42. The summed E-state index contributed by atoms with van der Waals surface area (Å²) in [5.41, 5.74) is 0. The molecule has 0 spiro atoms. The maximum atomic E-state index is 2.42. The third-order valence-electron chi connectivity index (χ3n) is 2.24. The fourth-order valence-electron chi connectivity index (χ4n) is 1.69. The summed E-state index contributed by atoms with van der Waals surface area (Å²) >= 11 is 0. The van der Waals surface area contributed by atoms with Gasteiger partial charge < -0.3 is 20.5 Å². The molecule has 1 fully saturated rings. The van der Waals surface area contributed by atoms with Crippen LogP contribution in [0.2, 0.25) is 0 Å². The molecule has 0 aromatic rings. The van der Waals surface area contributed by atoms with Crippen LogP contribution in [0.15, 0.2) is 24.3 Å². The standard InChI is InChI=1S/C9H11.3FH.Zr/c1-2-5-9-7-3-6-8(9)4-1;;;;/h1-2,4-6,8-9H,3,7H2;3*1H;/q-1;;;;+4/p-3. The zero-order chi connectivity index (χ0) is 6.10. The van der Waals surface area contributed by atoms with Gasteiger partial charge in [0.25, 0.3) is 0 Å². The number of halogens is 3. The van der Waals surface area contributed by atoms with Crippen molar-refractivity contribution in [1.29, 1.82) is 0 Å². The average Bonchev–Trinajstić information content (AvgIpc) is 2.33. The number of fused-ring (bicyclic) bond motifs is 1. The van der Waals surface area contributed by atoms with Crippen molar-refractivity contribution in [3.63, 3.8) is 0 Å². The van der Waals surface area contributed by atoms with Crippen LogP contribution in [0.25, 0.3) is 0 Å². The molecule has 2 atom stereocenters. The Balaban J connectivity index is -0.000000250. The molecule has 13 heavy (non-hydrogen) atoms. The van der Waals surface area contributed by atoms with Crippen LogP contribution in [-0.4, -0.2) is 0 Å². The monoisotopic (exact) mass is 266 g/mol. The Labute approximate surface area is 95.7 Å². The minimum atomic E-state index is 0. The number of hydrogen-bond acceptors (Lipinski definition) is 0. The van der Waals surface area contributed by atoms with E-state index in [0.29, 0.717) is 0 Å². The van der Waals surface area contributed by atoms with Gasteiger partial charge in [-0.15, -0.1) is 12.0 Å². The molecule has 0 aliphatic heterocycles. The Morgan fingerprint density at radius 2 is 1.62 bits per heavy atom. The summed E-state index contributed by atoms with van der Waals surface area (Å²) in [5.74, 6) is 1.62. The minimum absolute atomic E-state index is 0. The Morgan fingerprint density at radius 3 is 2.23 bits per heavy atom. The smallest absolute Gasteiger partial charge is 1.00 e. The van der Waals surface area contributed by atoms with E-state index in [2.05, 4.69) is 30.7 Å². The molecule has 2 aliphatic carbocycles. The van der Waals surface area contributed by atoms with Crippen LogP contribution in [0.5, 0.6) is 0 Å². The van der Waals surface area contributed by atoms with E-state index in [4.69, 9.17) is 0 Å². The molecule has 2 rings (SSSR count). The largest absolute Gasteiger partial charge is 4.00 e. The summed E-state index contributed by atoms with van der Waals surface area (Å²) in [4.78, 5) is 0. The van der Waals surface area contributed by atoms with Crippen molar-refractivity contribution in [1.82, 2.24) is 0 Å². The van der Waals surface area contributed by atoms with Crippen LogP contribution in [0.3, 0.4) is 0 Å².